The van der Waals surface area contributed by atoms with Crippen LogP contribution in [0, 0.1) is 12.7 Å². The Bertz CT molecular complexity index is 691. The van der Waals surface area contributed by atoms with Gasteiger partial charge < -0.3 is 4.74 Å². The van der Waals surface area contributed by atoms with E-state index in [4.69, 9.17) is 4.74 Å². The summed E-state index contributed by atoms with van der Waals surface area (Å²) < 4.78 is 57.8. The van der Waals surface area contributed by atoms with Crippen LogP contribution in [0.15, 0.2) is 36.4 Å². The van der Waals surface area contributed by atoms with Gasteiger partial charge >= 0.3 is 6.18 Å². The fourth-order valence-corrected chi connectivity index (χ4v) is 2.47. The molecule has 1 nitrogen and oxygen atoms in total. The lowest BCUT2D eigenvalue weighted by Gasteiger charge is -2.14. The third kappa shape index (κ3) is 2.60. The minimum Gasteiger partial charge on any atom is -0.489 e. The van der Waals surface area contributed by atoms with Crippen molar-refractivity contribution in [2.45, 2.75) is 18.7 Å². The van der Waals surface area contributed by atoms with Crippen LogP contribution in [0.25, 0.3) is 11.1 Å². The Balaban J connectivity index is 2.22. The third-order valence-corrected chi connectivity index (χ3v) is 3.36. The molecule has 3 rings (SSSR count). The molecule has 0 aromatic heterocycles. The highest BCUT2D eigenvalue weighted by Gasteiger charge is 2.34. The number of rotatable bonds is 1. The Morgan fingerprint density at radius 1 is 1.14 bits per heavy atom. The highest BCUT2D eigenvalue weighted by Crippen LogP contribution is 2.43. The van der Waals surface area contributed by atoms with E-state index < -0.39 is 23.7 Å². The van der Waals surface area contributed by atoms with E-state index in [0.29, 0.717) is 23.3 Å². The van der Waals surface area contributed by atoms with Gasteiger partial charge in [-0.1, -0.05) is 12.1 Å². The first-order valence-electron chi connectivity index (χ1n) is 6.34. The molecule has 1 aliphatic heterocycles. The number of benzene rings is 2. The molecular weight excluding hydrogens is 284 g/mol. The summed E-state index contributed by atoms with van der Waals surface area (Å²) in [5.74, 6) is -0.156. The van der Waals surface area contributed by atoms with Gasteiger partial charge in [0.1, 0.15) is 17.7 Å². The van der Waals surface area contributed by atoms with Gasteiger partial charge in [0.15, 0.2) is 0 Å². The predicted octanol–water partition coefficient (Wildman–Crippen LogP) is 4.65. The molecule has 1 atom stereocenters. The standard InChI is InChI=1S/C16H11F4O/c1-9-5-11-6-12(16(18,19)20)8-14(15(11)21-9)10-3-2-4-13(17)7-10/h2-4,6-9H,1,5H2. The number of halogens is 4. The molecule has 1 aliphatic rings. The van der Waals surface area contributed by atoms with Crippen LogP contribution in [0.5, 0.6) is 5.75 Å². The smallest absolute Gasteiger partial charge is 0.416 e. The van der Waals surface area contributed by atoms with Crippen LogP contribution in [0.4, 0.5) is 17.6 Å². The number of ether oxygens (including phenoxy) is 1. The zero-order valence-electron chi connectivity index (χ0n) is 10.9. The van der Waals surface area contributed by atoms with E-state index in [1.807, 2.05) is 0 Å². The minimum atomic E-state index is -4.46. The van der Waals surface area contributed by atoms with Gasteiger partial charge in [-0.15, -0.1) is 0 Å². The van der Waals surface area contributed by atoms with Crippen molar-refractivity contribution in [1.29, 1.82) is 0 Å². The van der Waals surface area contributed by atoms with Crippen LogP contribution < -0.4 is 4.74 Å². The summed E-state index contributed by atoms with van der Waals surface area (Å²) >= 11 is 0. The molecule has 0 amide bonds. The number of hydrogen-bond acceptors (Lipinski definition) is 1. The van der Waals surface area contributed by atoms with Crippen LogP contribution >= 0.6 is 0 Å². The van der Waals surface area contributed by atoms with Crippen LogP contribution in [0.2, 0.25) is 0 Å². The van der Waals surface area contributed by atoms with Gasteiger partial charge in [0, 0.05) is 12.0 Å². The zero-order valence-corrected chi connectivity index (χ0v) is 10.9. The van der Waals surface area contributed by atoms with Crippen LogP contribution in [0.1, 0.15) is 11.1 Å². The molecule has 2 aromatic rings. The molecule has 0 spiro atoms. The van der Waals surface area contributed by atoms with Crippen molar-refractivity contribution in [2.75, 3.05) is 0 Å². The van der Waals surface area contributed by atoms with E-state index in [1.54, 1.807) is 6.07 Å². The number of alkyl halides is 3. The monoisotopic (exact) mass is 295 g/mol. The molecule has 1 unspecified atom stereocenters. The average Bonchev–Trinajstić information content (AvgIpc) is 2.76. The second-order valence-electron chi connectivity index (χ2n) is 4.96. The first-order valence-corrected chi connectivity index (χ1v) is 6.34. The van der Waals surface area contributed by atoms with Crippen LogP contribution in [-0.4, -0.2) is 6.10 Å². The van der Waals surface area contributed by atoms with Crippen molar-refractivity contribution < 1.29 is 22.3 Å². The summed E-state index contributed by atoms with van der Waals surface area (Å²) in [6, 6.07) is 7.50. The molecule has 0 saturated heterocycles. The third-order valence-electron chi connectivity index (χ3n) is 3.36. The van der Waals surface area contributed by atoms with Gasteiger partial charge in [-0.2, -0.15) is 13.2 Å². The molecule has 109 valence electrons. The summed E-state index contributed by atoms with van der Waals surface area (Å²) in [5.41, 5.74) is 0.277. The molecule has 5 heteroatoms. The van der Waals surface area contributed by atoms with Crippen molar-refractivity contribution in [3.8, 4) is 16.9 Å². The maximum atomic E-state index is 13.3. The largest absolute Gasteiger partial charge is 0.489 e. The summed E-state index contributed by atoms with van der Waals surface area (Å²) in [4.78, 5) is 0. The highest BCUT2D eigenvalue weighted by molar-refractivity contribution is 5.74. The maximum absolute atomic E-state index is 13.3. The molecule has 0 bridgehead atoms. The molecular formula is C16H11F4O. The van der Waals surface area contributed by atoms with E-state index in [2.05, 4.69) is 6.92 Å². The molecule has 2 aromatic carbocycles. The van der Waals surface area contributed by atoms with E-state index in [1.165, 1.54) is 18.2 Å². The predicted molar refractivity (Wildman–Crippen MR) is 70.3 cm³/mol. The highest BCUT2D eigenvalue weighted by atomic mass is 19.4. The fraction of sp³-hybridized carbons (Fsp3) is 0.188. The second-order valence-corrected chi connectivity index (χ2v) is 4.96. The van der Waals surface area contributed by atoms with Crippen LogP contribution in [-0.2, 0) is 12.6 Å². The Hall–Kier alpha value is -2.04. The zero-order chi connectivity index (χ0) is 15.2. The van der Waals surface area contributed by atoms with Crippen LogP contribution in [0.3, 0.4) is 0 Å². The van der Waals surface area contributed by atoms with E-state index >= 15 is 0 Å². The average molecular weight is 295 g/mol. The lowest BCUT2D eigenvalue weighted by molar-refractivity contribution is -0.137. The van der Waals surface area contributed by atoms with Gasteiger partial charge in [0.25, 0.3) is 0 Å². The van der Waals surface area contributed by atoms with E-state index in [-0.39, 0.29) is 5.56 Å². The lowest BCUT2D eigenvalue weighted by atomic mass is 9.97. The van der Waals surface area contributed by atoms with Gasteiger partial charge in [0.2, 0.25) is 0 Å². The second kappa shape index (κ2) is 4.76. The topological polar surface area (TPSA) is 9.23 Å². The molecule has 0 saturated carbocycles. The molecule has 0 fully saturated rings. The first kappa shape index (κ1) is 13.9. The molecule has 1 radical (unpaired) electrons. The van der Waals surface area contributed by atoms with Crippen molar-refractivity contribution in [2.24, 2.45) is 0 Å². The van der Waals surface area contributed by atoms with Crippen molar-refractivity contribution in [3.05, 3.63) is 60.3 Å². The van der Waals surface area contributed by atoms with Crippen molar-refractivity contribution >= 4 is 0 Å². The summed E-state index contributed by atoms with van der Waals surface area (Å²) in [6.07, 6.45) is -4.59. The normalized spacial score (nSPS) is 17.5. The number of fused-ring (bicyclic) bond motifs is 1. The van der Waals surface area contributed by atoms with Gasteiger partial charge in [0.05, 0.1) is 5.56 Å². The molecule has 0 N–H and O–H groups in total. The lowest BCUT2D eigenvalue weighted by Crippen LogP contribution is -2.06. The summed E-state index contributed by atoms with van der Waals surface area (Å²) in [6.45, 7) is 3.72. The maximum Gasteiger partial charge on any atom is 0.416 e. The molecule has 21 heavy (non-hydrogen) atoms. The van der Waals surface area contributed by atoms with Crippen molar-refractivity contribution in [3.63, 3.8) is 0 Å². The van der Waals surface area contributed by atoms with Gasteiger partial charge in [-0.05, 0) is 42.3 Å². The Labute approximate surface area is 119 Å². The quantitative estimate of drug-likeness (QED) is 0.696. The summed E-state index contributed by atoms with van der Waals surface area (Å²) in [7, 11) is 0. The summed E-state index contributed by atoms with van der Waals surface area (Å²) in [5, 5.41) is 0. The first-order chi connectivity index (χ1) is 9.84. The Kier molecular flexibility index (Phi) is 3.15. The Morgan fingerprint density at radius 2 is 1.90 bits per heavy atom. The SMILES string of the molecule is [CH2]C1Cc2cc(C(F)(F)F)cc(-c3cccc(F)c3)c2O1. The minimum absolute atomic E-state index is 0.241. The van der Waals surface area contributed by atoms with Gasteiger partial charge in [-0.3, -0.25) is 0 Å². The van der Waals surface area contributed by atoms with Gasteiger partial charge in [-0.25, -0.2) is 4.39 Å². The fourth-order valence-electron chi connectivity index (χ4n) is 2.47. The Morgan fingerprint density at radius 3 is 2.57 bits per heavy atom. The number of hydrogen-bond donors (Lipinski definition) is 0. The molecule has 0 aliphatic carbocycles. The van der Waals surface area contributed by atoms with E-state index in [0.717, 1.165) is 12.1 Å². The van der Waals surface area contributed by atoms with E-state index in [9.17, 15) is 17.6 Å². The molecule has 1 heterocycles. The van der Waals surface area contributed by atoms with Crippen molar-refractivity contribution in [1.82, 2.24) is 0 Å².